The Morgan fingerprint density at radius 3 is 2.67 bits per heavy atom. The minimum atomic E-state index is -0.335. The van der Waals surface area contributed by atoms with E-state index in [4.69, 9.17) is 11.6 Å². The van der Waals surface area contributed by atoms with Crippen molar-refractivity contribution < 1.29 is 4.39 Å². The van der Waals surface area contributed by atoms with Crippen molar-refractivity contribution in [3.63, 3.8) is 0 Å². The van der Waals surface area contributed by atoms with Crippen molar-refractivity contribution in [2.75, 3.05) is 5.73 Å². The Morgan fingerprint density at radius 2 is 2.00 bits per heavy atom. The third kappa shape index (κ3) is 2.64. The van der Waals surface area contributed by atoms with Crippen LogP contribution in [0.5, 0.6) is 0 Å². The molecule has 1 heterocycles. The number of anilines is 1. The number of nitrogen functional groups attached to an aromatic ring is 1. The number of nitrogens with one attached hydrogen (secondary N) is 1. The molecule has 1 aromatic carbocycles. The maximum absolute atomic E-state index is 13.7. The Labute approximate surface area is 105 Å². The molecule has 1 aromatic heterocycles. The number of benzene rings is 1. The molecule has 4 nitrogen and oxygen atoms in total. The summed E-state index contributed by atoms with van der Waals surface area (Å²) in [5, 5.41) is 0. The van der Waals surface area contributed by atoms with E-state index in [-0.39, 0.29) is 11.9 Å². The van der Waals surface area contributed by atoms with Gasteiger partial charge in [-0.1, -0.05) is 24.3 Å². The summed E-state index contributed by atoms with van der Waals surface area (Å²) in [4.78, 5) is 4.00. The number of hydrogen-bond acceptors (Lipinski definition) is 4. The van der Waals surface area contributed by atoms with Crippen LogP contribution in [0.2, 0.25) is 0 Å². The normalized spacial score (nSPS) is 12.3. The van der Waals surface area contributed by atoms with E-state index in [1.165, 1.54) is 6.07 Å². The first kappa shape index (κ1) is 12.5. The van der Waals surface area contributed by atoms with Gasteiger partial charge in [0.25, 0.3) is 0 Å². The van der Waals surface area contributed by atoms with Crippen molar-refractivity contribution >= 4 is 5.82 Å². The molecule has 2 rings (SSSR count). The predicted molar refractivity (Wildman–Crippen MR) is 68.8 cm³/mol. The van der Waals surface area contributed by atoms with Crippen LogP contribution < -0.4 is 17.0 Å². The largest absolute Gasteiger partial charge is 0.383 e. The van der Waals surface area contributed by atoms with E-state index in [1.807, 2.05) is 6.07 Å². The topological polar surface area (TPSA) is 77.0 Å². The summed E-state index contributed by atoms with van der Waals surface area (Å²) in [7, 11) is 0. The molecule has 5 N–H and O–H groups in total. The molecule has 94 valence electrons. The van der Waals surface area contributed by atoms with Crippen molar-refractivity contribution in [2.45, 2.75) is 12.5 Å². The average Bonchev–Trinajstić information content (AvgIpc) is 2.39. The molecule has 0 spiro atoms. The molecule has 18 heavy (non-hydrogen) atoms. The summed E-state index contributed by atoms with van der Waals surface area (Å²) in [6.07, 6.45) is 2.10. The molecule has 0 aliphatic carbocycles. The molecular formula is C13H15FN4. The zero-order valence-corrected chi connectivity index (χ0v) is 9.81. The van der Waals surface area contributed by atoms with Gasteiger partial charge in [-0.25, -0.2) is 9.37 Å². The lowest BCUT2D eigenvalue weighted by atomic mass is 9.99. The molecule has 0 aliphatic heterocycles. The van der Waals surface area contributed by atoms with Gasteiger partial charge in [-0.05, 0) is 24.1 Å². The van der Waals surface area contributed by atoms with E-state index in [1.54, 1.807) is 30.5 Å². The summed E-state index contributed by atoms with van der Waals surface area (Å²) in [6, 6.07) is 9.84. The summed E-state index contributed by atoms with van der Waals surface area (Å²) in [6.45, 7) is 0. The first-order valence-electron chi connectivity index (χ1n) is 5.62. The second kappa shape index (κ2) is 5.57. The number of nitrogens with zero attached hydrogens (tertiary/aromatic N) is 1. The van der Waals surface area contributed by atoms with Gasteiger partial charge >= 0.3 is 0 Å². The Bertz CT molecular complexity index is 530. The quantitative estimate of drug-likeness (QED) is 0.565. The van der Waals surface area contributed by atoms with E-state index in [2.05, 4.69) is 10.4 Å². The molecule has 0 radical (unpaired) electrons. The van der Waals surface area contributed by atoms with E-state index >= 15 is 0 Å². The van der Waals surface area contributed by atoms with Crippen molar-refractivity contribution in [2.24, 2.45) is 5.84 Å². The second-order valence-corrected chi connectivity index (χ2v) is 3.99. The third-order valence-corrected chi connectivity index (χ3v) is 2.83. The number of rotatable bonds is 4. The van der Waals surface area contributed by atoms with Crippen molar-refractivity contribution in [3.05, 3.63) is 59.5 Å². The highest BCUT2D eigenvalue weighted by atomic mass is 19.1. The number of nitrogens with two attached hydrogens (primary N) is 2. The molecule has 0 amide bonds. The molecule has 1 unspecified atom stereocenters. The van der Waals surface area contributed by atoms with Gasteiger partial charge in [0.2, 0.25) is 0 Å². The van der Waals surface area contributed by atoms with Gasteiger partial charge in [-0.2, -0.15) is 0 Å². The molecule has 0 aliphatic rings. The lowest BCUT2D eigenvalue weighted by Gasteiger charge is -2.17. The van der Waals surface area contributed by atoms with E-state index < -0.39 is 0 Å². The minimum Gasteiger partial charge on any atom is -0.383 e. The number of hydrogen-bond donors (Lipinski definition) is 3. The van der Waals surface area contributed by atoms with E-state index in [0.717, 1.165) is 5.56 Å². The van der Waals surface area contributed by atoms with Gasteiger partial charge in [-0.15, -0.1) is 0 Å². The summed E-state index contributed by atoms with van der Waals surface area (Å²) >= 11 is 0. The van der Waals surface area contributed by atoms with Crippen LogP contribution in [-0.2, 0) is 6.42 Å². The van der Waals surface area contributed by atoms with Gasteiger partial charge < -0.3 is 5.73 Å². The fraction of sp³-hybridized carbons (Fsp3) is 0.154. The smallest absolute Gasteiger partial charge is 0.128 e. The highest BCUT2D eigenvalue weighted by molar-refractivity contribution is 5.40. The maximum Gasteiger partial charge on any atom is 0.128 e. The highest BCUT2D eigenvalue weighted by Gasteiger charge is 2.15. The Kier molecular flexibility index (Phi) is 3.86. The number of aromatic nitrogens is 1. The van der Waals surface area contributed by atoms with Gasteiger partial charge in [0, 0.05) is 11.8 Å². The molecule has 5 heteroatoms. The van der Waals surface area contributed by atoms with Crippen LogP contribution in [0.3, 0.4) is 0 Å². The lowest BCUT2D eigenvalue weighted by Crippen LogP contribution is -2.30. The van der Waals surface area contributed by atoms with Crippen LogP contribution in [0.25, 0.3) is 0 Å². The fourth-order valence-electron chi connectivity index (χ4n) is 1.86. The fourth-order valence-corrected chi connectivity index (χ4v) is 1.86. The van der Waals surface area contributed by atoms with Crippen LogP contribution in [0.1, 0.15) is 17.2 Å². The zero-order valence-electron chi connectivity index (χ0n) is 9.81. The Hall–Kier alpha value is -1.98. The predicted octanol–water partition coefficient (Wildman–Crippen LogP) is 1.55. The average molecular weight is 246 g/mol. The Balaban J connectivity index is 2.26. The SMILES string of the molecule is NNC(Cc1cccnc1N)c1ccccc1F. The summed E-state index contributed by atoms with van der Waals surface area (Å²) in [5.41, 5.74) is 9.73. The van der Waals surface area contributed by atoms with Crippen LogP contribution >= 0.6 is 0 Å². The molecule has 1 atom stereocenters. The van der Waals surface area contributed by atoms with Crippen molar-refractivity contribution in [1.29, 1.82) is 0 Å². The molecule has 0 saturated heterocycles. The molecule has 0 bridgehead atoms. The molecule has 2 aromatic rings. The van der Waals surface area contributed by atoms with Crippen LogP contribution in [-0.4, -0.2) is 4.98 Å². The highest BCUT2D eigenvalue weighted by Crippen LogP contribution is 2.22. The van der Waals surface area contributed by atoms with Crippen molar-refractivity contribution in [1.82, 2.24) is 10.4 Å². The zero-order chi connectivity index (χ0) is 13.0. The van der Waals surface area contributed by atoms with Gasteiger partial charge in [0.15, 0.2) is 0 Å². The first-order valence-corrected chi connectivity index (χ1v) is 5.62. The lowest BCUT2D eigenvalue weighted by molar-refractivity contribution is 0.510. The number of pyridine rings is 1. The van der Waals surface area contributed by atoms with E-state index in [0.29, 0.717) is 17.8 Å². The van der Waals surface area contributed by atoms with Crippen molar-refractivity contribution in [3.8, 4) is 0 Å². The van der Waals surface area contributed by atoms with Gasteiger partial charge in [-0.3, -0.25) is 11.3 Å². The second-order valence-electron chi connectivity index (χ2n) is 3.99. The van der Waals surface area contributed by atoms with Crippen LogP contribution in [0, 0.1) is 5.82 Å². The minimum absolute atomic E-state index is 0.289. The van der Waals surface area contributed by atoms with E-state index in [9.17, 15) is 4.39 Å². The van der Waals surface area contributed by atoms with Crippen LogP contribution in [0.15, 0.2) is 42.6 Å². The van der Waals surface area contributed by atoms with Gasteiger partial charge in [0.1, 0.15) is 11.6 Å². The molecular weight excluding hydrogens is 231 g/mol. The summed E-state index contributed by atoms with van der Waals surface area (Å²) in [5.74, 6) is 5.64. The Morgan fingerprint density at radius 1 is 1.22 bits per heavy atom. The molecule has 0 fully saturated rings. The van der Waals surface area contributed by atoms with Gasteiger partial charge in [0.05, 0.1) is 6.04 Å². The number of hydrazine groups is 1. The maximum atomic E-state index is 13.7. The first-order chi connectivity index (χ1) is 8.72. The van der Waals surface area contributed by atoms with Crippen LogP contribution in [0.4, 0.5) is 10.2 Å². The standard InChI is InChI=1S/C13H15FN4/c14-11-6-2-1-5-10(11)12(18-16)8-9-4-3-7-17-13(9)15/h1-7,12,18H,8,16H2,(H2,15,17). The monoisotopic (exact) mass is 246 g/mol. The summed E-state index contributed by atoms with van der Waals surface area (Å²) < 4.78 is 13.7. The molecule has 0 saturated carbocycles. The number of halogens is 1. The third-order valence-electron chi connectivity index (χ3n) is 2.83.